The predicted octanol–water partition coefficient (Wildman–Crippen LogP) is -0.0579. The molecule has 0 unspecified atom stereocenters. The lowest BCUT2D eigenvalue weighted by Crippen LogP contribution is -2.66. The van der Waals surface area contributed by atoms with Crippen molar-refractivity contribution in [2.75, 3.05) is 0 Å². The molecule has 10 heavy (non-hydrogen) atoms. The molecular weight excluding hydrogens is 186 g/mol. The number of thiol groups is 1. The summed E-state index contributed by atoms with van der Waals surface area (Å²) < 4.78 is 0. The van der Waals surface area contributed by atoms with Gasteiger partial charge in [0.05, 0.1) is 0 Å². The molecule has 0 saturated carbocycles. The van der Waals surface area contributed by atoms with Crippen molar-refractivity contribution in [1.29, 1.82) is 0 Å². The molecule has 0 aromatic heterocycles. The molecular formula is C4H7N3S3. The third kappa shape index (κ3) is 1.96. The Morgan fingerprint density at radius 2 is 1.70 bits per heavy atom. The Kier molecular flexibility index (Phi) is 2.02. The summed E-state index contributed by atoms with van der Waals surface area (Å²) in [5.41, 5.74) is 0. The van der Waals surface area contributed by atoms with Crippen LogP contribution in [0.1, 0.15) is 6.92 Å². The summed E-state index contributed by atoms with van der Waals surface area (Å²) in [6, 6.07) is 0. The van der Waals surface area contributed by atoms with Crippen molar-refractivity contribution in [3.63, 3.8) is 0 Å². The fraction of sp³-hybridized carbons (Fsp3) is 0.500. The lowest BCUT2D eigenvalue weighted by molar-refractivity contribution is 0.550. The number of hydrogen-bond acceptors (Lipinski definition) is 3. The molecule has 1 rings (SSSR count). The van der Waals surface area contributed by atoms with Crippen LogP contribution in [0.4, 0.5) is 0 Å². The molecule has 6 heteroatoms. The van der Waals surface area contributed by atoms with Gasteiger partial charge in [-0.3, -0.25) is 0 Å². The summed E-state index contributed by atoms with van der Waals surface area (Å²) in [7, 11) is 0. The molecule has 0 aliphatic carbocycles. The normalized spacial score (nSPS) is 22.6. The first kappa shape index (κ1) is 8.03. The van der Waals surface area contributed by atoms with Gasteiger partial charge in [0, 0.05) is 0 Å². The molecule has 0 bridgehead atoms. The highest BCUT2D eigenvalue weighted by atomic mass is 32.1. The summed E-state index contributed by atoms with van der Waals surface area (Å²) in [4.78, 5) is -0.528. The van der Waals surface area contributed by atoms with E-state index in [0.717, 1.165) is 0 Å². The highest BCUT2D eigenvalue weighted by Crippen LogP contribution is 2.06. The maximum absolute atomic E-state index is 4.83. The fourth-order valence-electron chi connectivity index (χ4n) is 0.639. The molecule has 0 amide bonds. The van der Waals surface area contributed by atoms with Gasteiger partial charge in [-0.2, -0.15) is 0 Å². The Labute approximate surface area is 75.4 Å². The Hall–Kier alpha value is -0.0700. The molecule has 0 aromatic carbocycles. The minimum atomic E-state index is -0.528. The lowest BCUT2D eigenvalue weighted by Gasteiger charge is -2.34. The third-order valence-corrected chi connectivity index (χ3v) is 1.57. The quantitative estimate of drug-likeness (QED) is 0.320. The van der Waals surface area contributed by atoms with Crippen molar-refractivity contribution in [1.82, 2.24) is 16.0 Å². The van der Waals surface area contributed by atoms with Crippen LogP contribution in [0, 0.1) is 0 Å². The number of hydrogen-bond donors (Lipinski definition) is 4. The number of nitrogens with one attached hydrogen (secondary N) is 3. The lowest BCUT2D eigenvalue weighted by atomic mass is 10.5. The van der Waals surface area contributed by atoms with Crippen LogP contribution in [0.3, 0.4) is 0 Å². The van der Waals surface area contributed by atoms with E-state index in [4.69, 9.17) is 24.4 Å². The summed E-state index contributed by atoms with van der Waals surface area (Å²) in [6.07, 6.45) is 0. The first-order valence-electron chi connectivity index (χ1n) is 2.63. The highest BCUT2D eigenvalue weighted by Gasteiger charge is 2.25. The second-order valence-corrected chi connectivity index (χ2v) is 3.82. The van der Waals surface area contributed by atoms with E-state index >= 15 is 0 Å². The third-order valence-electron chi connectivity index (χ3n) is 0.941. The zero-order chi connectivity index (χ0) is 7.78. The summed E-state index contributed by atoms with van der Waals surface area (Å²) in [6.45, 7) is 1.83. The van der Waals surface area contributed by atoms with Crippen molar-refractivity contribution in [3.8, 4) is 0 Å². The zero-order valence-electron chi connectivity index (χ0n) is 5.26. The van der Waals surface area contributed by atoms with Crippen LogP contribution in [0.2, 0.25) is 0 Å². The first-order chi connectivity index (χ1) is 4.49. The summed E-state index contributed by atoms with van der Waals surface area (Å²) in [5.74, 6) is 0. The molecule has 3 nitrogen and oxygen atoms in total. The molecule has 56 valence electrons. The largest absolute Gasteiger partial charge is 0.332 e. The average Bonchev–Trinajstić information content (AvgIpc) is 1.54. The predicted molar refractivity (Wildman–Crippen MR) is 52.0 cm³/mol. The minimum Gasteiger partial charge on any atom is -0.332 e. The second-order valence-electron chi connectivity index (χ2n) is 2.11. The number of rotatable bonds is 0. The van der Waals surface area contributed by atoms with Gasteiger partial charge in [-0.15, -0.1) is 12.6 Å². The van der Waals surface area contributed by atoms with Crippen molar-refractivity contribution < 1.29 is 0 Å². The van der Waals surface area contributed by atoms with Crippen LogP contribution in [0.5, 0.6) is 0 Å². The summed E-state index contributed by atoms with van der Waals surface area (Å²) >= 11 is 13.9. The Bertz CT molecular complexity index is 170. The average molecular weight is 193 g/mol. The van der Waals surface area contributed by atoms with Gasteiger partial charge in [-0.05, 0) is 31.4 Å². The Morgan fingerprint density at radius 3 is 2.00 bits per heavy atom. The van der Waals surface area contributed by atoms with E-state index in [9.17, 15) is 0 Å². The molecule has 0 spiro atoms. The van der Waals surface area contributed by atoms with E-state index in [1.807, 2.05) is 6.92 Å². The zero-order valence-corrected chi connectivity index (χ0v) is 7.79. The SMILES string of the molecule is CC1(S)NC(=S)NC(=S)N1. The Balaban J connectivity index is 2.68. The van der Waals surface area contributed by atoms with Crippen LogP contribution in [-0.4, -0.2) is 15.2 Å². The summed E-state index contributed by atoms with van der Waals surface area (Å²) in [5, 5.41) is 9.47. The van der Waals surface area contributed by atoms with Gasteiger partial charge < -0.3 is 16.0 Å². The van der Waals surface area contributed by atoms with Crippen molar-refractivity contribution in [3.05, 3.63) is 0 Å². The molecule has 1 fully saturated rings. The van der Waals surface area contributed by atoms with Gasteiger partial charge in [-0.1, -0.05) is 0 Å². The minimum absolute atomic E-state index is 0.501. The van der Waals surface area contributed by atoms with E-state index in [2.05, 4.69) is 28.6 Å². The van der Waals surface area contributed by atoms with Gasteiger partial charge >= 0.3 is 0 Å². The molecule has 0 radical (unpaired) electrons. The van der Waals surface area contributed by atoms with Crippen LogP contribution in [-0.2, 0) is 0 Å². The maximum Gasteiger partial charge on any atom is 0.175 e. The fourth-order valence-corrected chi connectivity index (χ4v) is 1.69. The van der Waals surface area contributed by atoms with Crippen molar-refractivity contribution in [2.24, 2.45) is 0 Å². The maximum atomic E-state index is 4.83. The van der Waals surface area contributed by atoms with Gasteiger partial charge in [0.15, 0.2) is 15.2 Å². The van der Waals surface area contributed by atoms with Gasteiger partial charge in [-0.25, -0.2) is 0 Å². The van der Waals surface area contributed by atoms with Crippen LogP contribution in [0.25, 0.3) is 0 Å². The van der Waals surface area contributed by atoms with E-state index in [1.54, 1.807) is 0 Å². The van der Waals surface area contributed by atoms with Crippen molar-refractivity contribution >= 4 is 47.3 Å². The van der Waals surface area contributed by atoms with E-state index < -0.39 is 4.99 Å². The molecule has 1 saturated heterocycles. The molecule has 1 heterocycles. The molecule has 0 atom stereocenters. The Morgan fingerprint density at radius 1 is 1.30 bits per heavy atom. The highest BCUT2D eigenvalue weighted by molar-refractivity contribution is 7.83. The number of thiocarbonyl (C=S) groups is 2. The molecule has 0 aromatic rings. The van der Waals surface area contributed by atoms with E-state index in [-0.39, 0.29) is 0 Å². The standard InChI is InChI=1S/C4H7N3S3/c1-4(10)6-2(8)5-3(9)7-4/h10H,1H3,(H3,5,6,7,8,9). The smallest absolute Gasteiger partial charge is 0.175 e. The van der Waals surface area contributed by atoms with Crippen LogP contribution < -0.4 is 16.0 Å². The van der Waals surface area contributed by atoms with Gasteiger partial charge in [0.2, 0.25) is 0 Å². The van der Waals surface area contributed by atoms with E-state index in [0.29, 0.717) is 10.2 Å². The monoisotopic (exact) mass is 193 g/mol. The van der Waals surface area contributed by atoms with Gasteiger partial charge in [0.25, 0.3) is 0 Å². The topological polar surface area (TPSA) is 36.1 Å². The van der Waals surface area contributed by atoms with Gasteiger partial charge in [0.1, 0.15) is 0 Å². The first-order valence-corrected chi connectivity index (χ1v) is 3.90. The van der Waals surface area contributed by atoms with E-state index in [1.165, 1.54) is 0 Å². The molecule has 1 aliphatic rings. The van der Waals surface area contributed by atoms with Crippen LogP contribution in [0.15, 0.2) is 0 Å². The second kappa shape index (κ2) is 2.52. The van der Waals surface area contributed by atoms with Crippen molar-refractivity contribution in [2.45, 2.75) is 11.9 Å². The van der Waals surface area contributed by atoms with Crippen LogP contribution >= 0.6 is 37.1 Å². The molecule has 3 N–H and O–H groups in total. The molecule has 1 aliphatic heterocycles.